The van der Waals surface area contributed by atoms with Crippen LogP contribution in [0.4, 0.5) is 17.1 Å². The number of benzene rings is 1. The number of nitrogens with two attached hydrogens (primary N) is 1. The van der Waals surface area contributed by atoms with Crippen LogP contribution in [0.15, 0.2) is 35.1 Å². The highest BCUT2D eigenvalue weighted by Crippen LogP contribution is 2.32. The molecule has 0 saturated heterocycles. The van der Waals surface area contributed by atoms with Crippen LogP contribution in [0.1, 0.15) is 0 Å². The summed E-state index contributed by atoms with van der Waals surface area (Å²) in [6, 6.07) is 5.27. The van der Waals surface area contributed by atoms with Gasteiger partial charge >= 0.3 is 0 Å². The van der Waals surface area contributed by atoms with Crippen LogP contribution < -0.4 is 11.1 Å². The van der Waals surface area contributed by atoms with Crippen molar-refractivity contribution in [2.75, 3.05) is 11.1 Å². The fraction of sp³-hybridized carbons (Fsp3) is 0. The van der Waals surface area contributed by atoms with E-state index in [1.807, 2.05) is 6.07 Å². The molecule has 0 aliphatic rings. The predicted octanol–water partition coefficient (Wildman–Crippen LogP) is 4.48. The molecule has 1 heterocycles. The van der Waals surface area contributed by atoms with E-state index in [2.05, 4.69) is 26.2 Å². The maximum atomic E-state index is 5.93. The molecule has 0 fully saturated rings. The van der Waals surface area contributed by atoms with Crippen molar-refractivity contribution < 1.29 is 0 Å². The number of nitrogens with one attached hydrogen (secondary N) is 1. The maximum absolute atomic E-state index is 5.93. The molecule has 0 unspecified atom stereocenters. The summed E-state index contributed by atoms with van der Waals surface area (Å²) in [5, 5.41) is 4.15. The molecule has 1 aromatic carbocycles. The van der Waals surface area contributed by atoms with Crippen molar-refractivity contribution in [1.29, 1.82) is 0 Å². The normalized spacial score (nSPS) is 10.3. The van der Waals surface area contributed by atoms with Gasteiger partial charge in [0, 0.05) is 11.9 Å². The molecule has 0 aliphatic carbocycles. The number of aromatic nitrogens is 1. The lowest BCUT2D eigenvalue weighted by Crippen LogP contribution is -1.98. The van der Waals surface area contributed by atoms with Crippen molar-refractivity contribution in [1.82, 2.24) is 4.98 Å². The average Bonchev–Trinajstić information content (AvgIpc) is 2.28. The Hall–Kier alpha value is -0.970. The summed E-state index contributed by atoms with van der Waals surface area (Å²) in [6.45, 7) is 0. The summed E-state index contributed by atoms with van der Waals surface area (Å²) in [5.41, 5.74) is 7.92. The molecule has 1 aromatic heterocycles. The van der Waals surface area contributed by atoms with Gasteiger partial charge < -0.3 is 11.1 Å². The zero-order chi connectivity index (χ0) is 12.4. The Morgan fingerprint density at radius 1 is 1.18 bits per heavy atom. The molecule has 3 N–H and O–H groups in total. The Labute approximate surface area is 117 Å². The van der Waals surface area contributed by atoms with Crippen molar-refractivity contribution in [3.63, 3.8) is 0 Å². The van der Waals surface area contributed by atoms with E-state index in [1.165, 1.54) is 0 Å². The number of pyridine rings is 1. The molecule has 17 heavy (non-hydrogen) atoms. The van der Waals surface area contributed by atoms with Crippen molar-refractivity contribution in [3.05, 3.63) is 45.1 Å². The van der Waals surface area contributed by atoms with Crippen molar-refractivity contribution in [3.8, 4) is 0 Å². The molecule has 0 saturated carbocycles. The summed E-state index contributed by atoms with van der Waals surface area (Å²) in [4.78, 5) is 3.96. The SMILES string of the molecule is Nc1cncc(Br)c1Nc1ccc(Cl)c(Cl)c1. The molecular formula is C11H8BrCl2N3. The van der Waals surface area contributed by atoms with E-state index in [9.17, 15) is 0 Å². The smallest absolute Gasteiger partial charge is 0.0794 e. The van der Waals surface area contributed by atoms with E-state index in [-0.39, 0.29) is 0 Å². The third-order valence-corrected chi connectivity index (χ3v) is 3.46. The van der Waals surface area contributed by atoms with E-state index >= 15 is 0 Å². The first-order valence-electron chi connectivity index (χ1n) is 4.69. The highest BCUT2D eigenvalue weighted by atomic mass is 79.9. The third-order valence-electron chi connectivity index (χ3n) is 2.12. The van der Waals surface area contributed by atoms with E-state index in [0.29, 0.717) is 15.7 Å². The second-order valence-corrected chi connectivity index (χ2v) is 5.01. The molecule has 0 atom stereocenters. The first-order valence-corrected chi connectivity index (χ1v) is 6.24. The van der Waals surface area contributed by atoms with Crippen LogP contribution in [0.5, 0.6) is 0 Å². The van der Waals surface area contributed by atoms with Crippen molar-refractivity contribution in [2.24, 2.45) is 0 Å². The number of hydrogen-bond donors (Lipinski definition) is 2. The van der Waals surface area contributed by atoms with Crippen LogP contribution in [0, 0.1) is 0 Å². The lowest BCUT2D eigenvalue weighted by atomic mass is 10.3. The minimum absolute atomic E-state index is 0.486. The van der Waals surface area contributed by atoms with Crippen LogP contribution in [0.25, 0.3) is 0 Å². The number of hydrogen-bond acceptors (Lipinski definition) is 3. The Balaban J connectivity index is 2.35. The predicted molar refractivity (Wildman–Crippen MR) is 76.1 cm³/mol. The number of anilines is 3. The minimum Gasteiger partial charge on any atom is -0.396 e. The Kier molecular flexibility index (Phi) is 3.76. The second kappa shape index (κ2) is 5.12. The van der Waals surface area contributed by atoms with Crippen LogP contribution in [0.2, 0.25) is 10.0 Å². The summed E-state index contributed by atoms with van der Waals surface area (Å²) in [6.07, 6.45) is 3.24. The van der Waals surface area contributed by atoms with Gasteiger partial charge in [-0.3, -0.25) is 4.98 Å². The van der Waals surface area contributed by atoms with Crippen LogP contribution >= 0.6 is 39.1 Å². The highest BCUT2D eigenvalue weighted by molar-refractivity contribution is 9.10. The van der Waals surface area contributed by atoms with Crippen molar-refractivity contribution in [2.45, 2.75) is 0 Å². The Morgan fingerprint density at radius 3 is 2.59 bits per heavy atom. The standard InChI is InChI=1S/C11H8BrCl2N3/c12-7-4-16-5-10(15)11(7)17-6-1-2-8(13)9(14)3-6/h1-5H,15H2,(H,16,17). The molecule has 3 nitrogen and oxygen atoms in total. The molecule has 88 valence electrons. The first kappa shape index (κ1) is 12.5. The van der Waals surface area contributed by atoms with E-state index in [1.54, 1.807) is 24.5 Å². The monoisotopic (exact) mass is 331 g/mol. The summed E-state index contributed by atoms with van der Waals surface area (Å²) < 4.78 is 0.781. The molecule has 0 radical (unpaired) electrons. The van der Waals surface area contributed by atoms with Gasteiger partial charge in [-0.05, 0) is 34.1 Å². The summed E-state index contributed by atoms with van der Waals surface area (Å²) in [5.74, 6) is 0. The number of nitrogen functional groups attached to an aromatic ring is 1. The quantitative estimate of drug-likeness (QED) is 0.852. The van der Waals surface area contributed by atoms with Gasteiger partial charge in [-0.1, -0.05) is 23.2 Å². The fourth-order valence-electron chi connectivity index (χ4n) is 1.30. The largest absolute Gasteiger partial charge is 0.396 e. The van der Waals surface area contributed by atoms with Gasteiger partial charge in [-0.15, -0.1) is 0 Å². The van der Waals surface area contributed by atoms with Gasteiger partial charge in [-0.25, -0.2) is 0 Å². The molecule has 0 spiro atoms. The maximum Gasteiger partial charge on any atom is 0.0794 e. The zero-order valence-corrected chi connectivity index (χ0v) is 11.6. The Bertz CT molecular complexity index is 540. The van der Waals surface area contributed by atoms with Crippen LogP contribution in [-0.4, -0.2) is 4.98 Å². The molecule has 0 bridgehead atoms. The van der Waals surface area contributed by atoms with Gasteiger partial charge in [0.1, 0.15) is 0 Å². The third kappa shape index (κ3) is 2.83. The molecule has 2 aromatic rings. The topological polar surface area (TPSA) is 50.9 Å². The highest BCUT2D eigenvalue weighted by Gasteiger charge is 2.06. The van der Waals surface area contributed by atoms with E-state index in [4.69, 9.17) is 28.9 Å². The average molecular weight is 333 g/mol. The molecule has 0 aliphatic heterocycles. The summed E-state index contributed by atoms with van der Waals surface area (Å²) >= 11 is 15.1. The number of rotatable bonds is 2. The van der Waals surface area contributed by atoms with E-state index in [0.717, 1.165) is 15.8 Å². The minimum atomic E-state index is 0.486. The van der Waals surface area contributed by atoms with E-state index < -0.39 is 0 Å². The van der Waals surface area contributed by atoms with Crippen LogP contribution in [-0.2, 0) is 0 Å². The molecule has 0 amide bonds. The van der Waals surface area contributed by atoms with Crippen LogP contribution in [0.3, 0.4) is 0 Å². The second-order valence-electron chi connectivity index (χ2n) is 3.34. The number of halogens is 3. The Morgan fingerprint density at radius 2 is 1.94 bits per heavy atom. The van der Waals surface area contributed by atoms with Gasteiger partial charge in [0.05, 0.1) is 32.1 Å². The number of nitrogens with zero attached hydrogens (tertiary/aromatic N) is 1. The lowest BCUT2D eigenvalue weighted by molar-refractivity contribution is 1.31. The first-order chi connectivity index (χ1) is 8.08. The zero-order valence-electron chi connectivity index (χ0n) is 8.55. The van der Waals surface area contributed by atoms with Gasteiger partial charge in [0.25, 0.3) is 0 Å². The fourth-order valence-corrected chi connectivity index (χ4v) is 2.04. The lowest BCUT2D eigenvalue weighted by Gasteiger charge is -2.11. The molecular weight excluding hydrogens is 325 g/mol. The van der Waals surface area contributed by atoms with Crippen molar-refractivity contribution >= 4 is 56.2 Å². The van der Waals surface area contributed by atoms with Gasteiger partial charge in [-0.2, -0.15) is 0 Å². The van der Waals surface area contributed by atoms with Gasteiger partial charge in [0.2, 0.25) is 0 Å². The molecule has 6 heteroatoms. The van der Waals surface area contributed by atoms with Gasteiger partial charge in [0.15, 0.2) is 0 Å². The molecule has 2 rings (SSSR count). The summed E-state index contributed by atoms with van der Waals surface area (Å²) in [7, 11) is 0.